The van der Waals surface area contributed by atoms with Crippen molar-refractivity contribution >= 4 is 24.2 Å². The number of aliphatic hydroxyl groups excluding tert-OH is 1. The zero-order valence-corrected chi connectivity index (χ0v) is 15.7. The van der Waals surface area contributed by atoms with Crippen molar-refractivity contribution < 1.29 is 14.7 Å². The van der Waals surface area contributed by atoms with Crippen LogP contribution in [0.1, 0.15) is 19.3 Å². The molecule has 2 aliphatic rings. The van der Waals surface area contributed by atoms with Gasteiger partial charge in [-0.05, 0) is 12.8 Å². The van der Waals surface area contributed by atoms with Gasteiger partial charge in [0.25, 0.3) is 0 Å². The minimum atomic E-state index is -0.398. The lowest BCUT2D eigenvalue weighted by Crippen LogP contribution is -2.57. The molecular weight excluding hydrogens is 344 g/mol. The molecule has 2 fully saturated rings. The van der Waals surface area contributed by atoms with Gasteiger partial charge < -0.3 is 20.2 Å². The van der Waals surface area contributed by atoms with Crippen LogP contribution in [0.4, 0.5) is 0 Å². The van der Waals surface area contributed by atoms with Crippen LogP contribution in [0.2, 0.25) is 0 Å². The van der Waals surface area contributed by atoms with Crippen molar-refractivity contribution in [2.75, 3.05) is 59.0 Å². The third-order valence-electron chi connectivity index (χ3n) is 4.74. The number of aliphatic hydroxyl groups is 1. The second kappa shape index (κ2) is 11.5. The number of carbonyl (C=O) groups excluding carboxylic acids is 2. The van der Waals surface area contributed by atoms with Gasteiger partial charge in [-0.15, -0.1) is 19.0 Å². The van der Waals surface area contributed by atoms with Gasteiger partial charge in [-0.1, -0.05) is 6.08 Å². The summed E-state index contributed by atoms with van der Waals surface area (Å²) in [5, 5.41) is 12.1. The molecule has 0 aromatic rings. The first-order chi connectivity index (χ1) is 11.7. The third kappa shape index (κ3) is 6.58. The summed E-state index contributed by atoms with van der Waals surface area (Å²) in [6, 6.07) is -0.398. The molecule has 1 atom stereocenters. The molecule has 2 aliphatic heterocycles. The minimum Gasteiger partial charge on any atom is -0.395 e. The van der Waals surface area contributed by atoms with Crippen LogP contribution in [-0.4, -0.2) is 96.6 Å². The molecule has 0 aromatic carbocycles. The van der Waals surface area contributed by atoms with Crippen LogP contribution in [0.15, 0.2) is 12.7 Å². The Hall–Kier alpha value is -1.15. The summed E-state index contributed by atoms with van der Waals surface area (Å²) in [6.45, 7) is 9.59. The number of β-amino-alcohol motifs (C(OH)–C–C–N with tert-alkyl or cyclic N) is 1. The molecular formula is C17H31ClN4O3. The summed E-state index contributed by atoms with van der Waals surface area (Å²) >= 11 is 0. The standard InChI is InChI=1S/C17H30N4O3.ClH/c1-2-3-4-6-21-7-5-18-15(17(21)24)14-16(23)20-10-8-19(9-11-20)12-13-22;/h2,15,18,22H,1,3-14H2;1H. The lowest BCUT2D eigenvalue weighted by atomic mass is 10.1. The Bertz CT molecular complexity index is 442. The van der Waals surface area contributed by atoms with E-state index in [9.17, 15) is 9.59 Å². The van der Waals surface area contributed by atoms with E-state index in [1.54, 1.807) is 0 Å². The van der Waals surface area contributed by atoms with Crippen LogP contribution in [0, 0.1) is 0 Å². The molecule has 2 heterocycles. The maximum absolute atomic E-state index is 12.5. The molecule has 2 rings (SSSR count). The van der Waals surface area contributed by atoms with Gasteiger partial charge in [0.2, 0.25) is 11.8 Å². The van der Waals surface area contributed by atoms with E-state index in [2.05, 4.69) is 16.8 Å². The molecule has 0 bridgehead atoms. The van der Waals surface area contributed by atoms with Crippen molar-refractivity contribution in [2.45, 2.75) is 25.3 Å². The van der Waals surface area contributed by atoms with Crippen LogP contribution >= 0.6 is 12.4 Å². The van der Waals surface area contributed by atoms with Crippen molar-refractivity contribution in [3.63, 3.8) is 0 Å². The number of unbranched alkanes of at least 4 members (excludes halogenated alkanes) is 1. The molecule has 0 aromatic heterocycles. The normalized spacial score (nSPS) is 21.8. The first kappa shape index (κ1) is 21.9. The molecule has 0 radical (unpaired) electrons. The summed E-state index contributed by atoms with van der Waals surface area (Å²) in [5.41, 5.74) is 0. The second-order valence-electron chi connectivity index (χ2n) is 6.41. The maximum atomic E-state index is 12.5. The Balaban J connectivity index is 0.00000312. The quantitative estimate of drug-likeness (QED) is 0.450. The molecule has 2 N–H and O–H groups in total. The van der Waals surface area contributed by atoms with E-state index in [0.717, 1.165) is 39.0 Å². The molecule has 8 heteroatoms. The monoisotopic (exact) mass is 374 g/mol. The SMILES string of the molecule is C=CCCCN1CCNC(CC(=O)N2CCN(CCO)CC2)C1=O.Cl. The van der Waals surface area contributed by atoms with Crippen LogP contribution < -0.4 is 5.32 Å². The number of allylic oxidation sites excluding steroid dienone is 1. The maximum Gasteiger partial charge on any atom is 0.240 e. The van der Waals surface area contributed by atoms with Gasteiger partial charge in [-0.25, -0.2) is 0 Å². The highest BCUT2D eigenvalue weighted by atomic mass is 35.5. The highest BCUT2D eigenvalue weighted by Crippen LogP contribution is 2.10. The number of rotatable bonds is 8. The van der Waals surface area contributed by atoms with Crippen molar-refractivity contribution in [2.24, 2.45) is 0 Å². The van der Waals surface area contributed by atoms with E-state index >= 15 is 0 Å². The van der Waals surface area contributed by atoms with E-state index in [-0.39, 0.29) is 37.2 Å². The Morgan fingerprint density at radius 1 is 1.24 bits per heavy atom. The number of piperazine rings is 2. The molecule has 25 heavy (non-hydrogen) atoms. The van der Waals surface area contributed by atoms with E-state index < -0.39 is 6.04 Å². The van der Waals surface area contributed by atoms with Gasteiger partial charge in [0.05, 0.1) is 19.1 Å². The zero-order chi connectivity index (χ0) is 17.4. The van der Waals surface area contributed by atoms with Crippen molar-refractivity contribution in [3.8, 4) is 0 Å². The fourth-order valence-corrected chi connectivity index (χ4v) is 3.27. The van der Waals surface area contributed by atoms with Crippen LogP contribution in [-0.2, 0) is 9.59 Å². The fourth-order valence-electron chi connectivity index (χ4n) is 3.27. The van der Waals surface area contributed by atoms with Crippen LogP contribution in [0.5, 0.6) is 0 Å². The molecule has 0 saturated carbocycles. The van der Waals surface area contributed by atoms with Gasteiger partial charge >= 0.3 is 0 Å². The molecule has 0 aliphatic carbocycles. The third-order valence-corrected chi connectivity index (χ3v) is 4.74. The van der Waals surface area contributed by atoms with Gasteiger partial charge in [0, 0.05) is 52.4 Å². The number of nitrogens with one attached hydrogen (secondary N) is 1. The highest BCUT2D eigenvalue weighted by molar-refractivity contribution is 5.89. The average Bonchev–Trinajstić information content (AvgIpc) is 2.59. The second-order valence-corrected chi connectivity index (χ2v) is 6.41. The van der Waals surface area contributed by atoms with E-state index in [1.807, 2.05) is 15.9 Å². The summed E-state index contributed by atoms with van der Waals surface area (Å²) in [4.78, 5) is 30.8. The number of nitrogens with zero attached hydrogens (tertiary/aromatic N) is 3. The van der Waals surface area contributed by atoms with E-state index in [0.29, 0.717) is 26.2 Å². The van der Waals surface area contributed by atoms with Gasteiger partial charge in [0.1, 0.15) is 0 Å². The highest BCUT2D eigenvalue weighted by Gasteiger charge is 2.31. The minimum absolute atomic E-state index is 0. The molecule has 1 unspecified atom stereocenters. The van der Waals surface area contributed by atoms with Crippen LogP contribution in [0.25, 0.3) is 0 Å². The smallest absolute Gasteiger partial charge is 0.240 e. The Morgan fingerprint density at radius 2 is 1.96 bits per heavy atom. The van der Waals surface area contributed by atoms with Gasteiger partial charge in [-0.2, -0.15) is 0 Å². The number of halogens is 1. The molecule has 2 saturated heterocycles. The van der Waals surface area contributed by atoms with Crippen molar-refractivity contribution in [1.82, 2.24) is 20.0 Å². The van der Waals surface area contributed by atoms with Gasteiger partial charge in [0.15, 0.2) is 0 Å². The predicted molar refractivity (Wildman–Crippen MR) is 99.8 cm³/mol. The summed E-state index contributed by atoms with van der Waals surface area (Å²) in [7, 11) is 0. The lowest BCUT2D eigenvalue weighted by molar-refractivity contribution is -0.141. The molecule has 144 valence electrons. The predicted octanol–water partition coefficient (Wildman–Crippen LogP) is -0.299. The zero-order valence-electron chi connectivity index (χ0n) is 14.9. The Kier molecular flexibility index (Phi) is 10.0. The summed E-state index contributed by atoms with van der Waals surface area (Å²) in [6.07, 6.45) is 3.92. The fraction of sp³-hybridized carbons (Fsp3) is 0.765. The van der Waals surface area contributed by atoms with Gasteiger partial charge in [-0.3, -0.25) is 14.5 Å². The molecule has 7 nitrogen and oxygen atoms in total. The topological polar surface area (TPSA) is 76.1 Å². The first-order valence-electron chi connectivity index (χ1n) is 8.89. The van der Waals surface area contributed by atoms with E-state index in [4.69, 9.17) is 5.11 Å². The van der Waals surface area contributed by atoms with Crippen molar-refractivity contribution in [1.29, 1.82) is 0 Å². The first-order valence-corrected chi connectivity index (χ1v) is 8.89. The molecule has 2 amide bonds. The number of amides is 2. The average molecular weight is 375 g/mol. The Labute approximate surface area is 156 Å². The largest absolute Gasteiger partial charge is 0.395 e. The van der Waals surface area contributed by atoms with Crippen LogP contribution in [0.3, 0.4) is 0 Å². The van der Waals surface area contributed by atoms with Crippen molar-refractivity contribution in [3.05, 3.63) is 12.7 Å². The summed E-state index contributed by atoms with van der Waals surface area (Å²) in [5.74, 6) is 0.0787. The van der Waals surface area contributed by atoms with E-state index in [1.165, 1.54) is 0 Å². The number of hydrogen-bond acceptors (Lipinski definition) is 5. The summed E-state index contributed by atoms with van der Waals surface area (Å²) < 4.78 is 0. The lowest BCUT2D eigenvalue weighted by Gasteiger charge is -2.37. The molecule has 0 spiro atoms. The number of hydrogen-bond donors (Lipinski definition) is 2. The Morgan fingerprint density at radius 3 is 2.60 bits per heavy atom. The number of carbonyl (C=O) groups is 2.